The van der Waals surface area contributed by atoms with Crippen LogP contribution in [-0.2, 0) is 16.6 Å². The van der Waals surface area contributed by atoms with Crippen LogP contribution in [0.15, 0.2) is 29.6 Å². The van der Waals surface area contributed by atoms with Crippen molar-refractivity contribution in [1.82, 2.24) is 4.98 Å². The monoisotopic (exact) mass is 324 g/mol. The number of halogens is 1. The molecule has 0 bridgehead atoms. The van der Waals surface area contributed by atoms with Crippen LogP contribution in [0.3, 0.4) is 0 Å². The maximum Gasteiger partial charge on any atom is 0.315 e. The third-order valence-electron chi connectivity index (χ3n) is 3.28. The molecule has 0 spiro atoms. The van der Waals surface area contributed by atoms with Crippen molar-refractivity contribution in [3.05, 3.63) is 45.9 Å². The molecule has 0 saturated heterocycles. The normalized spacial score (nSPS) is 11.4. The third-order valence-corrected chi connectivity index (χ3v) is 4.33. The minimum Gasteiger partial charge on any atom is -0.481 e. The van der Waals surface area contributed by atoms with Crippen molar-refractivity contribution in [2.75, 3.05) is 11.9 Å². The first-order valence-corrected chi connectivity index (χ1v) is 7.83. The highest BCUT2D eigenvalue weighted by Gasteiger charge is 2.32. The standard InChI is InChI=1S/C15H17ClN2O2S/c1-15(2,13(19)20)12-9-21-14(18-12)17-8-7-10-3-5-11(16)6-4-10/h3-6,9H,7-8H2,1-2H3,(H,17,18)(H,19,20). The van der Waals surface area contributed by atoms with Crippen molar-refractivity contribution < 1.29 is 9.90 Å². The van der Waals surface area contributed by atoms with Crippen molar-refractivity contribution in [2.24, 2.45) is 0 Å². The molecule has 0 amide bonds. The zero-order chi connectivity index (χ0) is 15.5. The summed E-state index contributed by atoms with van der Waals surface area (Å²) in [5.74, 6) is -0.875. The number of rotatable bonds is 6. The lowest BCUT2D eigenvalue weighted by Gasteiger charge is -2.15. The summed E-state index contributed by atoms with van der Waals surface area (Å²) in [5.41, 5.74) is 0.801. The highest BCUT2D eigenvalue weighted by Crippen LogP contribution is 2.27. The van der Waals surface area contributed by atoms with Crippen LogP contribution in [0.4, 0.5) is 5.13 Å². The Balaban J connectivity index is 1.91. The molecular weight excluding hydrogens is 308 g/mol. The fourth-order valence-corrected chi connectivity index (χ4v) is 2.75. The average molecular weight is 325 g/mol. The van der Waals surface area contributed by atoms with Gasteiger partial charge in [-0.25, -0.2) is 4.98 Å². The van der Waals surface area contributed by atoms with Gasteiger partial charge >= 0.3 is 5.97 Å². The topological polar surface area (TPSA) is 62.2 Å². The van der Waals surface area contributed by atoms with Gasteiger partial charge in [0.15, 0.2) is 5.13 Å². The minimum atomic E-state index is -0.966. The Labute approximate surface area is 132 Å². The van der Waals surface area contributed by atoms with Crippen LogP contribution < -0.4 is 5.32 Å². The molecule has 112 valence electrons. The number of hydrogen-bond donors (Lipinski definition) is 2. The number of hydrogen-bond acceptors (Lipinski definition) is 4. The van der Waals surface area contributed by atoms with E-state index in [0.717, 1.165) is 23.1 Å². The Hall–Kier alpha value is -1.59. The van der Waals surface area contributed by atoms with Crippen LogP contribution >= 0.6 is 22.9 Å². The van der Waals surface area contributed by atoms with Gasteiger partial charge in [0.1, 0.15) is 5.41 Å². The number of nitrogens with zero attached hydrogens (tertiary/aromatic N) is 1. The molecule has 1 heterocycles. The van der Waals surface area contributed by atoms with Gasteiger partial charge in [0.2, 0.25) is 0 Å². The molecule has 2 N–H and O–H groups in total. The number of carbonyl (C=O) groups is 1. The molecule has 4 nitrogen and oxygen atoms in total. The van der Waals surface area contributed by atoms with Gasteiger partial charge in [-0.1, -0.05) is 23.7 Å². The fraction of sp³-hybridized carbons (Fsp3) is 0.333. The van der Waals surface area contributed by atoms with Crippen molar-refractivity contribution in [2.45, 2.75) is 25.7 Å². The van der Waals surface area contributed by atoms with Gasteiger partial charge in [0.05, 0.1) is 5.69 Å². The molecule has 0 atom stereocenters. The third kappa shape index (κ3) is 3.95. The lowest BCUT2D eigenvalue weighted by atomic mass is 9.90. The van der Waals surface area contributed by atoms with Crippen LogP contribution in [0.5, 0.6) is 0 Å². The summed E-state index contributed by atoms with van der Waals surface area (Å²) in [6, 6.07) is 7.72. The van der Waals surface area contributed by atoms with E-state index in [1.165, 1.54) is 16.9 Å². The highest BCUT2D eigenvalue weighted by molar-refractivity contribution is 7.13. The Morgan fingerprint density at radius 2 is 2.05 bits per heavy atom. The second-order valence-corrected chi connectivity index (χ2v) is 6.57. The van der Waals surface area contributed by atoms with Crippen LogP contribution in [0.1, 0.15) is 25.1 Å². The molecule has 0 unspecified atom stereocenters. The molecule has 0 saturated carbocycles. The number of aromatic nitrogens is 1. The number of anilines is 1. The Bertz CT molecular complexity index is 623. The summed E-state index contributed by atoms with van der Waals surface area (Å²) in [5, 5.41) is 15.7. The zero-order valence-electron chi connectivity index (χ0n) is 11.9. The van der Waals surface area contributed by atoms with Crippen molar-refractivity contribution in [3.8, 4) is 0 Å². The summed E-state index contributed by atoms with van der Waals surface area (Å²) >= 11 is 7.27. The van der Waals surface area contributed by atoms with Crippen LogP contribution in [0.25, 0.3) is 0 Å². The van der Waals surface area contributed by atoms with E-state index in [4.69, 9.17) is 11.6 Å². The lowest BCUT2D eigenvalue weighted by molar-refractivity contribution is -0.142. The van der Waals surface area contributed by atoms with Gasteiger partial charge in [-0.15, -0.1) is 11.3 Å². The molecule has 0 aliphatic carbocycles. The molecule has 1 aromatic heterocycles. The van der Waals surface area contributed by atoms with E-state index in [1.54, 1.807) is 19.2 Å². The average Bonchev–Trinajstić information content (AvgIpc) is 2.90. The Kier molecular flexibility index (Phi) is 4.85. The molecule has 2 aromatic rings. The van der Waals surface area contributed by atoms with Gasteiger partial charge in [0, 0.05) is 16.9 Å². The van der Waals surface area contributed by atoms with Crippen molar-refractivity contribution in [3.63, 3.8) is 0 Å². The van der Waals surface area contributed by atoms with Crippen LogP contribution in [0.2, 0.25) is 5.02 Å². The number of thiazole rings is 1. The number of aliphatic carboxylic acids is 1. The van der Waals surface area contributed by atoms with E-state index in [2.05, 4.69) is 10.3 Å². The van der Waals surface area contributed by atoms with Crippen molar-refractivity contribution in [1.29, 1.82) is 0 Å². The zero-order valence-corrected chi connectivity index (χ0v) is 13.5. The summed E-state index contributed by atoms with van der Waals surface area (Å²) < 4.78 is 0. The Morgan fingerprint density at radius 1 is 1.38 bits per heavy atom. The molecule has 21 heavy (non-hydrogen) atoms. The number of benzene rings is 1. The summed E-state index contributed by atoms with van der Waals surface area (Å²) in [7, 11) is 0. The molecule has 0 aliphatic heterocycles. The maximum absolute atomic E-state index is 11.2. The summed E-state index contributed by atoms with van der Waals surface area (Å²) in [4.78, 5) is 15.5. The summed E-state index contributed by atoms with van der Waals surface area (Å²) in [6.45, 7) is 4.05. The number of carboxylic acid groups (broad SMARTS) is 1. The first kappa shape index (κ1) is 15.8. The van der Waals surface area contributed by atoms with Gasteiger partial charge in [-0.3, -0.25) is 4.79 Å². The Morgan fingerprint density at radius 3 is 2.67 bits per heavy atom. The highest BCUT2D eigenvalue weighted by atomic mass is 35.5. The van der Waals surface area contributed by atoms with E-state index < -0.39 is 11.4 Å². The molecule has 6 heteroatoms. The second-order valence-electron chi connectivity index (χ2n) is 5.27. The molecule has 1 aromatic carbocycles. The minimum absolute atomic E-state index is 0.578. The first-order valence-electron chi connectivity index (χ1n) is 6.57. The molecular formula is C15H17ClN2O2S. The molecule has 0 radical (unpaired) electrons. The largest absolute Gasteiger partial charge is 0.481 e. The number of nitrogens with one attached hydrogen (secondary N) is 1. The first-order chi connectivity index (χ1) is 9.89. The quantitative estimate of drug-likeness (QED) is 0.848. The van der Waals surface area contributed by atoms with E-state index in [9.17, 15) is 9.90 Å². The van der Waals surface area contributed by atoms with E-state index in [0.29, 0.717) is 5.69 Å². The molecule has 0 aliphatic rings. The predicted octanol–water partition coefficient (Wildman–Crippen LogP) is 3.81. The van der Waals surface area contributed by atoms with Gasteiger partial charge in [0.25, 0.3) is 0 Å². The van der Waals surface area contributed by atoms with E-state index in [1.807, 2.05) is 24.3 Å². The maximum atomic E-state index is 11.2. The second kappa shape index (κ2) is 6.45. The fourth-order valence-electron chi connectivity index (χ4n) is 1.72. The van der Waals surface area contributed by atoms with Crippen LogP contribution in [0, 0.1) is 0 Å². The van der Waals surface area contributed by atoms with Gasteiger partial charge < -0.3 is 10.4 Å². The summed E-state index contributed by atoms with van der Waals surface area (Å²) in [6.07, 6.45) is 0.856. The molecule has 2 rings (SSSR count). The lowest BCUT2D eigenvalue weighted by Crippen LogP contribution is -2.28. The number of carboxylic acids is 1. The van der Waals surface area contributed by atoms with E-state index >= 15 is 0 Å². The van der Waals surface area contributed by atoms with Crippen LogP contribution in [-0.4, -0.2) is 22.6 Å². The van der Waals surface area contributed by atoms with E-state index in [-0.39, 0.29) is 0 Å². The smallest absolute Gasteiger partial charge is 0.315 e. The SMILES string of the molecule is CC(C)(C(=O)O)c1csc(NCCc2ccc(Cl)cc2)n1. The van der Waals surface area contributed by atoms with Crippen molar-refractivity contribution >= 4 is 34.0 Å². The molecule has 0 fully saturated rings. The predicted molar refractivity (Wildman–Crippen MR) is 86.4 cm³/mol. The van der Waals surface area contributed by atoms with Gasteiger partial charge in [-0.2, -0.15) is 0 Å². The van der Waals surface area contributed by atoms with Gasteiger partial charge in [-0.05, 0) is 38.0 Å².